The molecule has 0 aliphatic carbocycles. The molecule has 2 aromatic rings. The Balaban J connectivity index is 2.21. The minimum absolute atomic E-state index is 0.141. The smallest absolute Gasteiger partial charge is 0.396 e. The Kier molecular flexibility index (Phi) is 4.91. The number of hydrogen-bond acceptors (Lipinski definition) is 1. The van der Waals surface area contributed by atoms with Gasteiger partial charge in [0.25, 0.3) is 0 Å². The Morgan fingerprint density at radius 3 is 2.29 bits per heavy atom. The number of hydrogen-bond donors (Lipinski definition) is 1. The van der Waals surface area contributed by atoms with E-state index in [0.29, 0.717) is 17.0 Å². The van der Waals surface area contributed by atoms with Gasteiger partial charge in [0.15, 0.2) is 0 Å². The van der Waals surface area contributed by atoms with Gasteiger partial charge in [-0.15, -0.1) is 0 Å². The van der Waals surface area contributed by atoms with E-state index in [2.05, 4.69) is 0 Å². The first kappa shape index (κ1) is 15.9. The van der Waals surface area contributed by atoms with Gasteiger partial charge >= 0.3 is 6.18 Å². The molecule has 0 amide bonds. The highest BCUT2D eigenvalue weighted by Gasteiger charge is 2.30. The first-order valence-corrected chi connectivity index (χ1v) is 6.80. The molecule has 1 nitrogen and oxygen atoms in total. The number of benzene rings is 2. The van der Waals surface area contributed by atoms with Crippen LogP contribution >= 0.6 is 11.6 Å². The average molecular weight is 315 g/mol. The van der Waals surface area contributed by atoms with Gasteiger partial charge in [-0.25, -0.2) is 0 Å². The maximum Gasteiger partial charge on any atom is 0.416 e. The van der Waals surface area contributed by atoms with Crippen LogP contribution in [-0.4, -0.2) is 11.7 Å². The van der Waals surface area contributed by atoms with Crippen LogP contribution in [0, 0.1) is 0 Å². The first-order valence-electron chi connectivity index (χ1n) is 6.42. The van der Waals surface area contributed by atoms with Crippen molar-refractivity contribution in [3.63, 3.8) is 0 Å². The number of halogens is 4. The van der Waals surface area contributed by atoms with E-state index in [0.717, 1.165) is 17.7 Å². The van der Waals surface area contributed by atoms with Crippen molar-refractivity contribution in [2.75, 3.05) is 6.61 Å². The van der Waals surface area contributed by atoms with Gasteiger partial charge in [0.1, 0.15) is 0 Å². The molecule has 1 unspecified atom stereocenters. The Hall–Kier alpha value is -1.52. The third-order valence-electron chi connectivity index (χ3n) is 3.30. The molecule has 0 heterocycles. The normalized spacial score (nSPS) is 13.2. The van der Waals surface area contributed by atoms with Crippen molar-refractivity contribution < 1.29 is 18.3 Å². The van der Waals surface area contributed by atoms with Crippen LogP contribution in [0.2, 0.25) is 5.02 Å². The molecule has 1 N–H and O–H groups in total. The molecule has 0 radical (unpaired) electrons. The minimum atomic E-state index is -4.36. The van der Waals surface area contributed by atoms with E-state index < -0.39 is 11.7 Å². The number of rotatable bonds is 4. The summed E-state index contributed by atoms with van der Waals surface area (Å²) in [6.07, 6.45) is -4.02. The van der Waals surface area contributed by atoms with Crippen molar-refractivity contribution in [1.29, 1.82) is 0 Å². The van der Waals surface area contributed by atoms with Crippen molar-refractivity contribution in [3.8, 4) is 0 Å². The summed E-state index contributed by atoms with van der Waals surface area (Å²) in [6, 6.07) is 12.1. The molecule has 21 heavy (non-hydrogen) atoms. The van der Waals surface area contributed by atoms with Gasteiger partial charge in [-0.2, -0.15) is 13.2 Å². The van der Waals surface area contributed by atoms with Crippen molar-refractivity contribution in [3.05, 3.63) is 70.2 Å². The molecule has 0 aromatic heterocycles. The monoisotopic (exact) mass is 314 g/mol. The van der Waals surface area contributed by atoms with E-state index in [4.69, 9.17) is 11.6 Å². The van der Waals surface area contributed by atoms with Crippen molar-refractivity contribution >= 4 is 11.6 Å². The Bertz CT molecular complexity index is 593. The Morgan fingerprint density at radius 1 is 1.05 bits per heavy atom. The van der Waals surface area contributed by atoms with Crippen LogP contribution in [0.3, 0.4) is 0 Å². The van der Waals surface area contributed by atoms with Gasteiger partial charge in [-0.3, -0.25) is 0 Å². The summed E-state index contributed by atoms with van der Waals surface area (Å²) in [4.78, 5) is 0. The van der Waals surface area contributed by atoms with E-state index in [1.807, 2.05) is 0 Å². The fraction of sp³-hybridized carbons (Fsp3) is 0.250. The molecule has 2 aromatic carbocycles. The Labute approximate surface area is 126 Å². The highest BCUT2D eigenvalue weighted by atomic mass is 35.5. The minimum Gasteiger partial charge on any atom is -0.396 e. The summed E-state index contributed by atoms with van der Waals surface area (Å²) in [5, 5.41) is 10.1. The lowest BCUT2D eigenvalue weighted by Gasteiger charge is -2.16. The van der Waals surface area contributed by atoms with E-state index in [1.165, 1.54) is 6.07 Å². The highest BCUT2D eigenvalue weighted by Crippen LogP contribution is 2.31. The van der Waals surface area contributed by atoms with Crippen LogP contribution in [0.5, 0.6) is 0 Å². The SMILES string of the molecule is OCC(Cc1cccc(C(F)(F)F)c1)c1ccc(Cl)cc1. The van der Waals surface area contributed by atoms with Crippen LogP contribution in [0.4, 0.5) is 13.2 Å². The molecule has 0 saturated carbocycles. The number of aliphatic hydroxyl groups is 1. The average Bonchev–Trinajstić information content (AvgIpc) is 2.45. The highest BCUT2D eigenvalue weighted by molar-refractivity contribution is 6.30. The standard InChI is InChI=1S/C16H14ClF3O/c17-15-6-4-12(5-7-15)13(10-21)8-11-2-1-3-14(9-11)16(18,19)20/h1-7,9,13,21H,8,10H2. The Morgan fingerprint density at radius 2 is 1.71 bits per heavy atom. The molecule has 0 saturated heterocycles. The van der Waals surface area contributed by atoms with Crippen LogP contribution in [0.1, 0.15) is 22.6 Å². The van der Waals surface area contributed by atoms with Crippen LogP contribution in [-0.2, 0) is 12.6 Å². The van der Waals surface area contributed by atoms with Crippen LogP contribution < -0.4 is 0 Å². The summed E-state index contributed by atoms with van der Waals surface area (Å²) in [5.74, 6) is -0.259. The lowest BCUT2D eigenvalue weighted by atomic mass is 9.92. The second-order valence-corrected chi connectivity index (χ2v) is 5.27. The predicted octanol–water partition coefficient (Wildman–Crippen LogP) is 4.68. The topological polar surface area (TPSA) is 20.2 Å². The lowest BCUT2D eigenvalue weighted by Crippen LogP contribution is -2.10. The van der Waals surface area contributed by atoms with E-state index >= 15 is 0 Å². The van der Waals surface area contributed by atoms with Gasteiger partial charge in [-0.1, -0.05) is 41.9 Å². The molecular weight excluding hydrogens is 301 g/mol. The zero-order chi connectivity index (χ0) is 15.5. The molecule has 0 spiro atoms. The molecule has 0 aliphatic rings. The van der Waals surface area contributed by atoms with Crippen molar-refractivity contribution in [2.45, 2.75) is 18.5 Å². The maximum absolute atomic E-state index is 12.7. The van der Waals surface area contributed by atoms with Gasteiger partial charge in [0.05, 0.1) is 12.2 Å². The second kappa shape index (κ2) is 6.50. The van der Waals surface area contributed by atoms with E-state index in [1.54, 1.807) is 30.3 Å². The first-order chi connectivity index (χ1) is 9.90. The number of aliphatic hydroxyl groups excluding tert-OH is 1. The van der Waals surface area contributed by atoms with Gasteiger partial charge in [0.2, 0.25) is 0 Å². The zero-order valence-corrected chi connectivity index (χ0v) is 11.8. The maximum atomic E-state index is 12.7. The van der Waals surface area contributed by atoms with E-state index in [9.17, 15) is 18.3 Å². The molecule has 1 atom stereocenters. The fourth-order valence-corrected chi connectivity index (χ4v) is 2.31. The van der Waals surface area contributed by atoms with Gasteiger partial charge in [-0.05, 0) is 35.7 Å². The predicted molar refractivity (Wildman–Crippen MR) is 76.4 cm³/mol. The van der Waals surface area contributed by atoms with Gasteiger partial charge in [0, 0.05) is 10.9 Å². The molecule has 0 bridgehead atoms. The second-order valence-electron chi connectivity index (χ2n) is 4.83. The largest absolute Gasteiger partial charge is 0.416 e. The van der Waals surface area contributed by atoms with Crippen molar-refractivity contribution in [2.24, 2.45) is 0 Å². The molecule has 2 rings (SSSR count). The summed E-state index contributed by atoms with van der Waals surface area (Å²) < 4.78 is 38.1. The van der Waals surface area contributed by atoms with Crippen LogP contribution in [0.25, 0.3) is 0 Å². The summed E-state index contributed by atoms with van der Waals surface area (Å²) in [5.41, 5.74) is 0.714. The molecule has 5 heteroatoms. The third kappa shape index (κ3) is 4.22. The summed E-state index contributed by atoms with van der Waals surface area (Å²) in [7, 11) is 0. The van der Waals surface area contributed by atoms with Gasteiger partial charge < -0.3 is 5.11 Å². The summed E-state index contributed by atoms with van der Waals surface area (Å²) in [6.45, 7) is -0.141. The molecular formula is C16H14ClF3O. The third-order valence-corrected chi connectivity index (χ3v) is 3.55. The molecule has 112 valence electrons. The van der Waals surface area contributed by atoms with Crippen LogP contribution in [0.15, 0.2) is 48.5 Å². The zero-order valence-electron chi connectivity index (χ0n) is 11.1. The fourth-order valence-electron chi connectivity index (χ4n) is 2.18. The lowest BCUT2D eigenvalue weighted by molar-refractivity contribution is -0.137. The summed E-state index contributed by atoms with van der Waals surface area (Å²) >= 11 is 5.80. The quantitative estimate of drug-likeness (QED) is 0.869. The van der Waals surface area contributed by atoms with Crippen molar-refractivity contribution in [1.82, 2.24) is 0 Å². The molecule has 0 fully saturated rings. The van der Waals surface area contributed by atoms with E-state index in [-0.39, 0.29) is 12.5 Å². The number of alkyl halides is 3. The molecule has 0 aliphatic heterocycles.